The minimum Gasteiger partial charge on any atom is -0.492 e. The van der Waals surface area contributed by atoms with Crippen LogP contribution in [0.15, 0.2) is 51.4 Å². The van der Waals surface area contributed by atoms with Crippen LogP contribution in [0.4, 0.5) is 0 Å². The predicted molar refractivity (Wildman–Crippen MR) is 91.8 cm³/mol. The van der Waals surface area contributed by atoms with E-state index in [0.717, 1.165) is 32.2 Å². The number of benzene rings is 2. The van der Waals surface area contributed by atoms with Crippen molar-refractivity contribution in [2.45, 2.75) is 18.7 Å². The maximum atomic E-state index is 6.57. The van der Waals surface area contributed by atoms with Crippen LogP contribution in [0.5, 0.6) is 5.75 Å². The van der Waals surface area contributed by atoms with Gasteiger partial charge in [0, 0.05) is 4.47 Å². The fraction of sp³-hybridized carbons (Fsp3) is 0.250. The van der Waals surface area contributed by atoms with Gasteiger partial charge in [0.15, 0.2) is 0 Å². The Bertz CT molecular complexity index is 586. The molecule has 0 saturated carbocycles. The van der Waals surface area contributed by atoms with Gasteiger partial charge in [-0.15, -0.1) is 11.6 Å². The summed E-state index contributed by atoms with van der Waals surface area (Å²) in [6.45, 7) is 2.80. The zero-order valence-electron chi connectivity index (χ0n) is 11.1. The SMILES string of the molecule is CCCOc1ccc(C(Cl)c2ccccc2Br)cc1Br. The molecule has 0 heterocycles. The van der Waals surface area contributed by atoms with Crippen molar-refractivity contribution in [3.63, 3.8) is 0 Å². The van der Waals surface area contributed by atoms with Crippen LogP contribution < -0.4 is 4.74 Å². The second-order valence-electron chi connectivity index (χ2n) is 4.42. The molecule has 20 heavy (non-hydrogen) atoms. The Balaban J connectivity index is 2.25. The highest BCUT2D eigenvalue weighted by atomic mass is 79.9. The summed E-state index contributed by atoms with van der Waals surface area (Å²) in [5.41, 5.74) is 2.09. The average molecular weight is 419 g/mol. The van der Waals surface area contributed by atoms with Crippen molar-refractivity contribution >= 4 is 43.5 Å². The first-order valence-corrected chi connectivity index (χ1v) is 8.46. The lowest BCUT2D eigenvalue weighted by molar-refractivity contribution is 0.315. The van der Waals surface area contributed by atoms with Crippen molar-refractivity contribution in [1.82, 2.24) is 0 Å². The van der Waals surface area contributed by atoms with Gasteiger partial charge in [-0.3, -0.25) is 0 Å². The Kier molecular flexibility index (Phi) is 5.94. The fourth-order valence-electron chi connectivity index (χ4n) is 1.86. The van der Waals surface area contributed by atoms with Crippen molar-refractivity contribution in [3.05, 3.63) is 62.5 Å². The Labute approximate surface area is 141 Å². The van der Waals surface area contributed by atoms with Crippen LogP contribution in [-0.4, -0.2) is 6.61 Å². The van der Waals surface area contributed by atoms with Gasteiger partial charge in [0.1, 0.15) is 5.75 Å². The van der Waals surface area contributed by atoms with Gasteiger partial charge >= 0.3 is 0 Å². The van der Waals surface area contributed by atoms with Gasteiger partial charge in [-0.05, 0) is 51.7 Å². The molecule has 0 aliphatic heterocycles. The molecule has 0 aliphatic rings. The first-order valence-electron chi connectivity index (χ1n) is 6.44. The Morgan fingerprint density at radius 3 is 2.50 bits per heavy atom. The summed E-state index contributed by atoms with van der Waals surface area (Å²) in [5.74, 6) is 0.853. The monoisotopic (exact) mass is 416 g/mol. The third-order valence-corrected chi connectivity index (χ3v) is 4.72. The molecule has 1 atom stereocenters. The van der Waals surface area contributed by atoms with Crippen LogP contribution in [0, 0.1) is 0 Å². The molecule has 4 heteroatoms. The number of ether oxygens (including phenoxy) is 1. The van der Waals surface area contributed by atoms with Gasteiger partial charge in [0.2, 0.25) is 0 Å². The molecule has 2 aromatic carbocycles. The van der Waals surface area contributed by atoms with Crippen LogP contribution in [0.2, 0.25) is 0 Å². The Morgan fingerprint density at radius 1 is 1.10 bits per heavy atom. The van der Waals surface area contributed by atoms with Gasteiger partial charge in [0.05, 0.1) is 16.5 Å². The van der Waals surface area contributed by atoms with E-state index in [1.165, 1.54) is 0 Å². The van der Waals surface area contributed by atoms with E-state index in [9.17, 15) is 0 Å². The molecule has 0 aromatic heterocycles. The first kappa shape index (κ1) is 15.9. The largest absolute Gasteiger partial charge is 0.492 e. The minimum atomic E-state index is -0.192. The molecular weight excluding hydrogens is 403 g/mol. The third-order valence-electron chi connectivity index (χ3n) is 2.89. The zero-order chi connectivity index (χ0) is 14.5. The number of halogens is 3. The maximum absolute atomic E-state index is 6.57. The lowest BCUT2D eigenvalue weighted by Gasteiger charge is -2.14. The van der Waals surface area contributed by atoms with Crippen LogP contribution in [-0.2, 0) is 0 Å². The molecule has 0 N–H and O–H groups in total. The molecule has 0 fully saturated rings. The number of alkyl halides is 1. The van der Waals surface area contributed by atoms with Crippen molar-refractivity contribution in [2.24, 2.45) is 0 Å². The molecule has 0 aliphatic carbocycles. The molecule has 106 valence electrons. The summed E-state index contributed by atoms with van der Waals surface area (Å²) in [6.07, 6.45) is 0.989. The molecule has 2 aromatic rings. The molecule has 0 spiro atoms. The third kappa shape index (κ3) is 3.78. The highest BCUT2D eigenvalue weighted by Crippen LogP contribution is 2.36. The number of rotatable bonds is 5. The lowest BCUT2D eigenvalue weighted by Crippen LogP contribution is -1.98. The van der Waals surface area contributed by atoms with Gasteiger partial charge < -0.3 is 4.74 Å². The van der Waals surface area contributed by atoms with E-state index < -0.39 is 0 Å². The molecule has 0 amide bonds. The van der Waals surface area contributed by atoms with Gasteiger partial charge in [0.25, 0.3) is 0 Å². The van der Waals surface area contributed by atoms with E-state index in [-0.39, 0.29) is 5.38 Å². The van der Waals surface area contributed by atoms with Crippen molar-refractivity contribution in [2.75, 3.05) is 6.61 Å². The van der Waals surface area contributed by atoms with Crippen LogP contribution in [0.3, 0.4) is 0 Å². The minimum absolute atomic E-state index is 0.192. The molecule has 1 unspecified atom stereocenters. The molecule has 0 radical (unpaired) electrons. The van der Waals surface area contributed by atoms with E-state index in [0.29, 0.717) is 6.61 Å². The van der Waals surface area contributed by atoms with Gasteiger partial charge in [-0.2, -0.15) is 0 Å². The fourth-order valence-corrected chi connectivity index (χ4v) is 3.35. The van der Waals surface area contributed by atoms with E-state index in [2.05, 4.69) is 38.8 Å². The molecule has 2 rings (SSSR count). The normalized spacial score (nSPS) is 12.2. The lowest BCUT2D eigenvalue weighted by atomic mass is 10.0. The highest BCUT2D eigenvalue weighted by molar-refractivity contribution is 9.10. The zero-order valence-corrected chi connectivity index (χ0v) is 15.0. The van der Waals surface area contributed by atoms with Crippen molar-refractivity contribution < 1.29 is 4.74 Å². The van der Waals surface area contributed by atoms with Crippen LogP contribution in [0.25, 0.3) is 0 Å². The summed E-state index contributed by atoms with van der Waals surface area (Å²) < 4.78 is 7.60. The van der Waals surface area contributed by atoms with Crippen LogP contribution >= 0.6 is 43.5 Å². The molecular formula is C16H15Br2ClO. The van der Waals surface area contributed by atoms with Gasteiger partial charge in [-0.25, -0.2) is 0 Å². The number of hydrogen-bond acceptors (Lipinski definition) is 1. The summed E-state index contributed by atoms with van der Waals surface area (Å²) in [6, 6.07) is 14.0. The van der Waals surface area contributed by atoms with Gasteiger partial charge in [-0.1, -0.05) is 47.1 Å². The second-order valence-corrected chi connectivity index (χ2v) is 6.57. The van der Waals surface area contributed by atoms with Crippen molar-refractivity contribution in [1.29, 1.82) is 0 Å². The topological polar surface area (TPSA) is 9.23 Å². The summed E-state index contributed by atoms with van der Waals surface area (Å²) >= 11 is 13.7. The molecule has 0 bridgehead atoms. The Morgan fingerprint density at radius 2 is 1.85 bits per heavy atom. The second kappa shape index (κ2) is 7.48. The molecule has 0 saturated heterocycles. The standard InChI is InChI=1S/C16H15Br2ClO/c1-2-9-20-15-8-7-11(10-14(15)18)16(19)12-5-3-4-6-13(12)17/h3-8,10,16H,2,9H2,1H3. The number of hydrogen-bond donors (Lipinski definition) is 0. The average Bonchev–Trinajstić information content (AvgIpc) is 2.46. The Hall–Kier alpha value is -0.510. The van der Waals surface area contributed by atoms with Crippen molar-refractivity contribution in [3.8, 4) is 5.75 Å². The quantitative estimate of drug-likeness (QED) is 0.516. The van der Waals surface area contributed by atoms with E-state index in [4.69, 9.17) is 16.3 Å². The summed E-state index contributed by atoms with van der Waals surface area (Å²) in [4.78, 5) is 0. The van der Waals surface area contributed by atoms with E-state index in [1.54, 1.807) is 0 Å². The highest BCUT2D eigenvalue weighted by Gasteiger charge is 2.15. The summed E-state index contributed by atoms with van der Waals surface area (Å²) in [5, 5.41) is -0.192. The van der Waals surface area contributed by atoms with Crippen LogP contribution in [0.1, 0.15) is 29.8 Å². The van der Waals surface area contributed by atoms with E-state index >= 15 is 0 Å². The summed E-state index contributed by atoms with van der Waals surface area (Å²) in [7, 11) is 0. The maximum Gasteiger partial charge on any atom is 0.133 e. The molecule has 1 nitrogen and oxygen atoms in total. The van der Waals surface area contributed by atoms with E-state index in [1.807, 2.05) is 42.5 Å². The first-order chi connectivity index (χ1) is 9.63. The smallest absolute Gasteiger partial charge is 0.133 e. The predicted octanol–water partition coefficient (Wildman–Crippen LogP) is 6.33.